The van der Waals surface area contributed by atoms with Crippen molar-refractivity contribution in [3.8, 4) is 0 Å². The Bertz CT molecular complexity index is 109. The second-order valence-corrected chi connectivity index (χ2v) is 2.46. The molecule has 0 aromatic heterocycles. The summed E-state index contributed by atoms with van der Waals surface area (Å²) in [4.78, 5) is 0. The Kier molecular flexibility index (Phi) is 1.88. The summed E-state index contributed by atoms with van der Waals surface area (Å²) in [7, 11) is 0. The Labute approximate surface area is 55.1 Å². The summed E-state index contributed by atoms with van der Waals surface area (Å²) in [6.07, 6.45) is 2.70. The van der Waals surface area contributed by atoms with E-state index in [1.165, 1.54) is 0 Å². The van der Waals surface area contributed by atoms with Crippen molar-refractivity contribution in [1.29, 1.82) is 0 Å². The lowest BCUT2D eigenvalue weighted by Crippen LogP contribution is -2.04. The number of aliphatic hydroxyl groups is 1. The Morgan fingerprint density at radius 2 is 2.56 bits per heavy atom. The van der Waals surface area contributed by atoms with Crippen LogP contribution in [0.3, 0.4) is 0 Å². The molecule has 2 nitrogen and oxygen atoms in total. The van der Waals surface area contributed by atoms with Crippen LogP contribution in [-0.4, -0.2) is 23.4 Å². The zero-order valence-corrected chi connectivity index (χ0v) is 5.58. The lowest BCUT2D eigenvalue weighted by molar-refractivity contribution is 0.170. The first-order valence-electron chi connectivity index (χ1n) is 3.20. The molecule has 0 aromatic rings. The Balaban J connectivity index is 2.12. The van der Waals surface area contributed by atoms with E-state index in [4.69, 9.17) is 9.84 Å². The molecular weight excluding hydrogens is 116 g/mol. The van der Waals surface area contributed by atoms with E-state index in [-0.39, 0.29) is 18.3 Å². The SMILES string of the molecule is C=C[C@H]1O[C@H]1C[C@@H](C)O. The van der Waals surface area contributed by atoms with Crippen LogP contribution in [0.15, 0.2) is 12.7 Å². The van der Waals surface area contributed by atoms with Crippen LogP contribution in [0.1, 0.15) is 13.3 Å². The molecule has 1 aliphatic heterocycles. The molecular formula is C7H12O2. The van der Waals surface area contributed by atoms with Crippen molar-refractivity contribution in [2.45, 2.75) is 31.7 Å². The maximum atomic E-state index is 8.86. The molecule has 3 atom stereocenters. The van der Waals surface area contributed by atoms with Crippen LogP contribution in [0.4, 0.5) is 0 Å². The van der Waals surface area contributed by atoms with Gasteiger partial charge in [-0.2, -0.15) is 0 Å². The van der Waals surface area contributed by atoms with Crippen LogP contribution in [0.5, 0.6) is 0 Å². The minimum absolute atomic E-state index is 0.208. The highest BCUT2D eigenvalue weighted by molar-refractivity contribution is 4.98. The maximum absolute atomic E-state index is 8.86. The molecule has 0 aromatic carbocycles. The van der Waals surface area contributed by atoms with Crippen molar-refractivity contribution < 1.29 is 9.84 Å². The molecule has 1 saturated heterocycles. The minimum atomic E-state index is -0.250. The lowest BCUT2D eigenvalue weighted by atomic mass is 10.2. The normalized spacial score (nSPS) is 35.8. The van der Waals surface area contributed by atoms with Gasteiger partial charge in [0.2, 0.25) is 0 Å². The highest BCUT2D eigenvalue weighted by atomic mass is 16.6. The van der Waals surface area contributed by atoms with Crippen molar-refractivity contribution >= 4 is 0 Å². The molecule has 1 aliphatic rings. The molecule has 1 rings (SSSR count). The summed E-state index contributed by atoms with van der Waals surface area (Å²) in [5.41, 5.74) is 0. The molecule has 0 radical (unpaired) electrons. The summed E-state index contributed by atoms with van der Waals surface area (Å²) in [6, 6.07) is 0. The fourth-order valence-corrected chi connectivity index (χ4v) is 0.890. The summed E-state index contributed by atoms with van der Waals surface area (Å²) >= 11 is 0. The van der Waals surface area contributed by atoms with E-state index in [1.54, 1.807) is 13.0 Å². The Morgan fingerprint density at radius 3 is 2.89 bits per heavy atom. The third-order valence-electron chi connectivity index (χ3n) is 1.43. The number of aliphatic hydroxyl groups excluding tert-OH is 1. The fraction of sp³-hybridized carbons (Fsp3) is 0.714. The third kappa shape index (κ3) is 1.80. The van der Waals surface area contributed by atoms with Crippen molar-refractivity contribution in [2.24, 2.45) is 0 Å². The molecule has 9 heavy (non-hydrogen) atoms. The van der Waals surface area contributed by atoms with Crippen molar-refractivity contribution in [2.75, 3.05) is 0 Å². The molecule has 0 unspecified atom stereocenters. The van der Waals surface area contributed by atoms with Gasteiger partial charge in [0.15, 0.2) is 0 Å². The summed E-state index contributed by atoms with van der Waals surface area (Å²) in [5.74, 6) is 0. The highest BCUT2D eigenvalue weighted by Crippen LogP contribution is 2.26. The standard InChI is InChI=1S/C7H12O2/c1-3-6-7(9-6)4-5(2)8/h3,5-8H,1,4H2,2H3/t5-,6-,7+/m1/s1. The van der Waals surface area contributed by atoms with Crippen LogP contribution >= 0.6 is 0 Å². The van der Waals surface area contributed by atoms with Crippen LogP contribution in [-0.2, 0) is 4.74 Å². The van der Waals surface area contributed by atoms with E-state index in [0.29, 0.717) is 0 Å². The van der Waals surface area contributed by atoms with E-state index < -0.39 is 0 Å². The molecule has 2 heteroatoms. The summed E-state index contributed by atoms with van der Waals surface area (Å²) < 4.78 is 5.10. The smallest absolute Gasteiger partial charge is 0.102 e. The van der Waals surface area contributed by atoms with Gasteiger partial charge in [0.25, 0.3) is 0 Å². The summed E-state index contributed by atoms with van der Waals surface area (Å²) in [5, 5.41) is 8.86. The van der Waals surface area contributed by atoms with E-state index in [1.807, 2.05) is 0 Å². The van der Waals surface area contributed by atoms with E-state index in [2.05, 4.69) is 6.58 Å². The van der Waals surface area contributed by atoms with Gasteiger partial charge in [-0.05, 0) is 6.92 Å². The molecule has 1 heterocycles. The molecule has 0 bridgehead atoms. The Morgan fingerprint density at radius 1 is 1.89 bits per heavy atom. The first-order valence-corrected chi connectivity index (χ1v) is 3.20. The van der Waals surface area contributed by atoms with Crippen LogP contribution in [0.25, 0.3) is 0 Å². The second-order valence-electron chi connectivity index (χ2n) is 2.46. The average Bonchev–Trinajstić information content (AvgIpc) is 2.45. The van der Waals surface area contributed by atoms with Gasteiger partial charge < -0.3 is 9.84 Å². The monoisotopic (exact) mass is 128 g/mol. The lowest BCUT2D eigenvalue weighted by Gasteiger charge is -1.96. The molecule has 1 N–H and O–H groups in total. The molecule has 0 amide bonds. The number of hydrogen-bond donors (Lipinski definition) is 1. The van der Waals surface area contributed by atoms with Crippen molar-refractivity contribution in [3.05, 3.63) is 12.7 Å². The van der Waals surface area contributed by atoms with Crippen LogP contribution < -0.4 is 0 Å². The topological polar surface area (TPSA) is 32.8 Å². The second kappa shape index (κ2) is 2.50. The molecule has 0 spiro atoms. The van der Waals surface area contributed by atoms with Crippen molar-refractivity contribution in [3.63, 3.8) is 0 Å². The zero-order valence-electron chi connectivity index (χ0n) is 5.58. The van der Waals surface area contributed by atoms with Crippen molar-refractivity contribution in [1.82, 2.24) is 0 Å². The van der Waals surface area contributed by atoms with Gasteiger partial charge in [0.05, 0.1) is 12.2 Å². The van der Waals surface area contributed by atoms with Gasteiger partial charge in [0, 0.05) is 6.42 Å². The van der Waals surface area contributed by atoms with Gasteiger partial charge in [-0.25, -0.2) is 0 Å². The van der Waals surface area contributed by atoms with E-state index >= 15 is 0 Å². The first-order chi connectivity index (χ1) is 4.24. The van der Waals surface area contributed by atoms with Gasteiger partial charge in [-0.15, -0.1) is 6.58 Å². The highest BCUT2D eigenvalue weighted by Gasteiger charge is 2.36. The molecule has 0 saturated carbocycles. The fourth-order valence-electron chi connectivity index (χ4n) is 0.890. The maximum Gasteiger partial charge on any atom is 0.102 e. The largest absolute Gasteiger partial charge is 0.393 e. The third-order valence-corrected chi connectivity index (χ3v) is 1.43. The number of epoxide rings is 1. The minimum Gasteiger partial charge on any atom is -0.393 e. The first kappa shape index (κ1) is 6.78. The van der Waals surface area contributed by atoms with Gasteiger partial charge in [-0.1, -0.05) is 6.08 Å². The van der Waals surface area contributed by atoms with Gasteiger partial charge in [-0.3, -0.25) is 0 Å². The van der Waals surface area contributed by atoms with E-state index in [0.717, 1.165) is 6.42 Å². The average molecular weight is 128 g/mol. The number of rotatable bonds is 3. The van der Waals surface area contributed by atoms with Crippen LogP contribution in [0.2, 0.25) is 0 Å². The zero-order chi connectivity index (χ0) is 6.85. The van der Waals surface area contributed by atoms with Crippen LogP contribution in [0, 0.1) is 0 Å². The van der Waals surface area contributed by atoms with Gasteiger partial charge >= 0.3 is 0 Å². The molecule has 1 fully saturated rings. The number of ether oxygens (including phenoxy) is 1. The molecule has 0 aliphatic carbocycles. The quantitative estimate of drug-likeness (QED) is 0.448. The van der Waals surface area contributed by atoms with Gasteiger partial charge in [0.1, 0.15) is 6.10 Å². The predicted molar refractivity (Wildman–Crippen MR) is 35.2 cm³/mol. The number of hydrogen-bond acceptors (Lipinski definition) is 2. The predicted octanol–water partition coefficient (Wildman–Crippen LogP) is 0.711. The Hall–Kier alpha value is -0.340. The van der Waals surface area contributed by atoms with E-state index in [9.17, 15) is 0 Å². The molecule has 52 valence electrons. The summed E-state index contributed by atoms with van der Waals surface area (Å²) in [6.45, 7) is 5.34.